The summed E-state index contributed by atoms with van der Waals surface area (Å²) < 4.78 is 37.8. The standard InChI is InChI=1S/C18H16F3N5/c1-11-7-12(2)9-15(8-11)24-17-25-16(10-22-26-17)23-14-5-3-13(4-6-14)18(19,20)21/h3-10H,1-2H3,(H2,23,24,25,26). The topological polar surface area (TPSA) is 62.7 Å². The highest BCUT2D eigenvalue weighted by molar-refractivity contribution is 5.59. The second-order valence-corrected chi connectivity index (χ2v) is 5.87. The summed E-state index contributed by atoms with van der Waals surface area (Å²) in [6.45, 7) is 3.97. The summed E-state index contributed by atoms with van der Waals surface area (Å²) in [5.74, 6) is 0.651. The third kappa shape index (κ3) is 4.47. The van der Waals surface area contributed by atoms with Crippen molar-refractivity contribution in [2.24, 2.45) is 0 Å². The van der Waals surface area contributed by atoms with Crippen molar-refractivity contribution in [2.75, 3.05) is 10.6 Å². The van der Waals surface area contributed by atoms with Crippen molar-refractivity contribution in [1.82, 2.24) is 15.2 Å². The zero-order valence-electron chi connectivity index (χ0n) is 14.1. The Morgan fingerprint density at radius 2 is 1.50 bits per heavy atom. The number of hydrogen-bond donors (Lipinski definition) is 2. The van der Waals surface area contributed by atoms with Crippen molar-refractivity contribution >= 4 is 23.1 Å². The summed E-state index contributed by atoms with van der Waals surface area (Å²) in [5, 5.41) is 13.8. The predicted molar refractivity (Wildman–Crippen MR) is 93.8 cm³/mol. The van der Waals surface area contributed by atoms with E-state index in [1.54, 1.807) is 0 Å². The molecule has 3 aromatic rings. The second kappa shape index (κ2) is 6.99. The maximum atomic E-state index is 12.6. The highest BCUT2D eigenvalue weighted by Gasteiger charge is 2.29. The van der Waals surface area contributed by atoms with Gasteiger partial charge in [-0.2, -0.15) is 23.3 Å². The first kappa shape index (κ1) is 17.7. The molecule has 134 valence electrons. The number of aryl methyl sites for hydroxylation is 2. The van der Waals surface area contributed by atoms with Crippen LogP contribution in [0.15, 0.2) is 48.7 Å². The molecule has 26 heavy (non-hydrogen) atoms. The molecule has 0 saturated heterocycles. The number of nitrogens with one attached hydrogen (secondary N) is 2. The Balaban J connectivity index is 1.75. The second-order valence-electron chi connectivity index (χ2n) is 5.87. The lowest BCUT2D eigenvalue weighted by atomic mass is 10.1. The largest absolute Gasteiger partial charge is 0.416 e. The first-order chi connectivity index (χ1) is 12.3. The molecule has 0 aliphatic heterocycles. The summed E-state index contributed by atoms with van der Waals surface area (Å²) in [5.41, 5.74) is 2.78. The molecular formula is C18H16F3N5. The van der Waals surface area contributed by atoms with Gasteiger partial charge in [0.05, 0.1) is 11.8 Å². The molecule has 0 fully saturated rings. The summed E-state index contributed by atoms with van der Waals surface area (Å²) in [7, 11) is 0. The lowest BCUT2D eigenvalue weighted by molar-refractivity contribution is -0.137. The predicted octanol–water partition coefficient (Wildman–Crippen LogP) is 4.99. The zero-order valence-corrected chi connectivity index (χ0v) is 14.1. The number of halogens is 3. The molecule has 8 heteroatoms. The maximum absolute atomic E-state index is 12.6. The zero-order chi connectivity index (χ0) is 18.7. The molecule has 2 aromatic carbocycles. The molecular weight excluding hydrogens is 343 g/mol. The Morgan fingerprint density at radius 1 is 0.846 bits per heavy atom. The van der Waals surface area contributed by atoms with E-state index in [0.29, 0.717) is 11.5 Å². The highest BCUT2D eigenvalue weighted by atomic mass is 19.4. The van der Waals surface area contributed by atoms with Gasteiger partial charge in [0.15, 0.2) is 5.82 Å². The van der Waals surface area contributed by atoms with E-state index in [4.69, 9.17) is 0 Å². The molecule has 0 saturated carbocycles. The molecule has 0 aliphatic rings. The van der Waals surface area contributed by atoms with Crippen LogP contribution >= 0.6 is 0 Å². The van der Waals surface area contributed by atoms with Gasteiger partial charge in [0.25, 0.3) is 0 Å². The third-order valence-corrected chi connectivity index (χ3v) is 3.52. The fourth-order valence-electron chi connectivity index (χ4n) is 2.48. The average Bonchev–Trinajstić information content (AvgIpc) is 2.54. The first-order valence-corrected chi connectivity index (χ1v) is 7.79. The molecule has 0 amide bonds. The van der Waals surface area contributed by atoms with Crippen LogP contribution in [0.4, 0.5) is 36.3 Å². The van der Waals surface area contributed by atoms with E-state index < -0.39 is 11.7 Å². The summed E-state index contributed by atoms with van der Waals surface area (Å²) >= 11 is 0. The molecule has 0 aliphatic carbocycles. The van der Waals surface area contributed by atoms with E-state index in [-0.39, 0.29) is 5.95 Å². The molecule has 0 radical (unpaired) electrons. The van der Waals surface area contributed by atoms with Gasteiger partial charge < -0.3 is 10.6 Å². The minimum Gasteiger partial charge on any atom is -0.339 e. The number of rotatable bonds is 4. The van der Waals surface area contributed by atoms with Gasteiger partial charge in [-0.05, 0) is 61.4 Å². The van der Waals surface area contributed by atoms with E-state index in [1.807, 2.05) is 32.0 Å². The van der Waals surface area contributed by atoms with Crippen LogP contribution in [-0.4, -0.2) is 15.2 Å². The fraction of sp³-hybridized carbons (Fsp3) is 0.167. The van der Waals surface area contributed by atoms with E-state index in [1.165, 1.54) is 18.3 Å². The Labute approximate surface area is 148 Å². The Hall–Kier alpha value is -3.16. The molecule has 3 rings (SSSR count). The van der Waals surface area contributed by atoms with Crippen LogP contribution in [0, 0.1) is 13.8 Å². The number of hydrogen-bond acceptors (Lipinski definition) is 5. The average molecular weight is 359 g/mol. The molecule has 0 unspecified atom stereocenters. The van der Waals surface area contributed by atoms with Gasteiger partial charge in [-0.15, -0.1) is 5.10 Å². The number of aromatic nitrogens is 3. The van der Waals surface area contributed by atoms with E-state index in [9.17, 15) is 13.2 Å². The van der Waals surface area contributed by atoms with E-state index in [0.717, 1.165) is 28.9 Å². The number of nitrogens with zero attached hydrogens (tertiary/aromatic N) is 3. The molecule has 0 spiro atoms. The maximum Gasteiger partial charge on any atom is 0.416 e. The smallest absolute Gasteiger partial charge is 0.339 e. The summed E-state index contributed by atoms with van der Waals surface area (Å²) in [6, 6.07) is 10.6. The van der Waals surface area contributed by atoms with Gasteiger partial charge >= 0.3 is 6.18 Å². The van der Waals surface area contributed by atoms with Crippen molar-refractivity contribution in [3.05, 3.63) is 65.4 Å². The van der Waals surface area contributed by atoms with Crippen LogP contribution in [-0.2, 0) is 6.18 Å². The SMILES string of the molecule is Cc1cc(C)cc(Nc2nncc(Nc3ccc(C(F)(F)F)cc3)n2)c1. The Kier molecular flexibility index (Phi) is 4.75. The summed E-state index contributed by atoms with van der Waals surface area (Å²) in [4.78, 5) is 4.28. The van der Waals surface area contributed by atoms with Gasteiger partial charge in [0, 0.05) is 11.4 Å². The first-order valence-electron chi connectivity index (χ1n) is 7.79. The van der Waals surface area contributed by atoms with Gasteiger partial charge in [-0.1, -0.05) is 6.07 Å². The highest BCUT2D eigenvalue weighted by Crippen LogP contribution is 2.30. The van der Waals surface area contributed by atoms with Crippen molar-refractivity contribution in [2.45, 2.75) is 20.0 Å². The number of alkyl halides is 3. The minimum atomic E-state index is -4.36. The van der Waals surface area contributed by atoms with E-state index in [2.05, 4.69) is 25.8 Å². The van der Waals surface area contributed by atoms with E-state index >= 15 is 0 Å². The van der Waals surface area contributed by atoms with Gasteiger partial charge in [0.2, 0.25) is 5.95 Å². The van der Waals surface area contributed by atoms with Crippen molar-refractivity contribution in [3.8, 4) is 0 Å². The number of benzene rings is 2. The van der Waals surface area contributed by atoms with Crippen LogP contribution in [0.1, 0.15) is 16.7 Å². The molecule has 1 heterocycles. The Morgan fingerprint density at radius 3 is 2.12 bits per heavy atom. The third-order valence-electron chi connectivity index (χ3n) is 3.52. The van der Waals surface area contributed by atoms with Gasteiger partial charge in [-0.3, -0.25) is 0 Å². The summed E-state index contributed by atoms with van der Waals surface area (Å²) in [6.07, 6.45) is -2.97. The molecule has 5 nitrogen and oxygen atoms in total. The minimum absolute atomic E-state index is 0.284. The monoisotopic (exact) mass is 359 g/mol. The Bertz CT molecular complexity index is 887. The lowest BCUT2D eigenvalue weighted by Gasteiger charge is -2.10. The van der Waals surface area contributed by atoms with Gasteiger partial charge in [-0.25, -0.2) is 0 Å². The van der Waals surface area contributed by atoms with Crippen molar-refractivity contribution < 1.29 is 13.2 Å². The quantitative estimate of drug-likeness (QED) is 0.687. The number of anilines is 4. The fourth-order valence-corrected chi connectivity index (χ4v) is 2.48. The van der Waals surface area contributed by atoms with Crippen molar-refractivity contribution in [1.29, 1.82) is 0 Å². The van der Waals surface area contributed by atoms with Crippen LogP contribution < -0.4 is 10.6 Å². The lowest BCUT2D eigenvalue weighted by Crippen LogP contribution is -2.05. The van der Waals surface area contributed by atoms with Crippen molar-refractivity contribution in [3.63, 3.8) is 0 Å². The van der Waals surface area contributed by atoms with Crippen LogP contribution in [0.2, 0.25) is 0 Å². The van der Waals surface area contributed by atoms with Crippen LogP contribution in [0.3, 0.4) is 0 Å². The molecule has 2 N–H and O–H groups in total. The normalized spacial score (nSPS) is 11.3. The molecule has 0 atom stereocenters. The van der Waals surface area contributed by atoms with Crippen LogP contribution in [0.5, 0.6) is 0 Å². The van der Waals surface area contributed by atoms with Crippen LogP contribution in [0.25, 0.3) is 0 Å². The van der Waals surface area contributed by atoms with Gasteiger partial charge in [0.1, 0.15) is 0 Å². The molecule has 1 aromatic heterocycles. The molecule has 0 bridgehead atoms.